The number of quaternary nitrogens is 1. The van der Waals surface area contributed by atoms with Gasteiger partial charge >= 0.3 is 17.9 Å². The molecule has 13 heteroatoms. The molecule has 0 aromatic heterocycles. The van der Waals surface area contributed by atoms with Crippen molar-refractivity contribution < 1.29 is 47.3 Å². The van der Waals surface area contributed by atoms with E-state index in [0.717, 1.165) is 11.8 Å². The minimum absolute atomic E-state index is 0.0314. The summed E-state index contributed by atoms with van der Waals surface area (Å²) >= 11 is 6.69. The third-order valence-corrected chi connectivity index (χ3v) is 9.00. The molecule has 0 radical (unpaired) electrons. The highest BCUT2D eigenvalue weighted by Gasteiger charge is 2.51. The smallest absolute Gasteiger partial charge is 0.322 e. The van der Waals surface area contributed by atoms with Crippen LogP contribution in [0.4, 0.5) is 0 Å². The van der Waals surface area contributed by atoms with Gasteiger partial charge in [0, 0.05) is 20.0 Å². The zero-order valence-corrected chi connectivity index (χ0v) is 30.0. The van der Waals surface area contributed by atoms with Gasteiger partial charge in [-0.2, -0.15) is 5.26 Å². The van der Waals surface area contributed by atoms with Gasteiger partial charge in [-0.15, -0.1) is 0 Å². The van der Waals surface area contributed by atoms with E-state index in [1.165, 1.54) is 21.1 Å². The highest BCUT2D eigenvalue weighted by atomic mass is 32.2. The number of thioether (sulfide) groups is 1. The van der Waals surface area contributed by atoms with Gasteiger partial charge in [0.1, 0.15) is 29.9 Å². The number of Topliss-reactive ketones (excluding diaryl/α,β-unsaturated/α-hetero) is 1. The van der Waals surface area contributed by atoms with Gasteiger partial charge in [0.2, 0.25) is 0 Å². The average molecular weight is 682 g/mol. The van der Waals surface area contributed by atoms with Crippen LogP contribution in [0.5, 0.6) is 0 Å². The number of hydrogen-bond acceptors (Lipinski definition) is 12. The lowest BCUT2D eigenvalue weighted by molar-refractivity contribution is -0.870. The number of esters is 3. The first-order valence-electron chi connectivity index (χ1n) is 15.0. The fourth-order valence-corrected chi connectivity index (χ4v) is 6.08. The topological polar surface area (TPSA) is 138 Å². The van der Waals surface area contributed by atoms with Crippen LogP contribution in [0.1, 0.15) is 52.0 Å². The summed E-state index contributed by atoms with van der Waals surface area (Å²) in [5, 5.41) is 10.1. The summed E-state index contributed by atoms with van der Waals surface area (Å²) in [5.41, 5.74) is -2.47. The number of nitriles is 1. The molecule has 11 nitrogen and oxygen atoms in total. The lowest BCUT2D eigenvalue weighted by Crippen LogP contribution is -2.47. The van der Waals surface area contributed by atoms with E-state index < -0.39 is 45.7 Å². The highest BCUT2D eigenvalue weighted by Crippen LogP contribution is 2.43. The molecule has 0 spiro atoms. The fraction of sp³-hybridized carbons (Fsp3) is 0.636. The van der Waals surface area contributed by atoms with E-state index in [0.29, 0.717) is 27.4 Å². The molecule has 256 valence electrons. The number of rotatable bonds is 21. The van der Waals surface area contributed by atoms with Gasteiger partial charge < -0.3 is 28.2 Å². The van der Waals surface area contributed by atoms with Gasteiger partial charge in [-0.05, 0) is 39.2 Å². The van der Waals surface area contributed by atoms with Crippen LogP contribution in [0.25, 0.3) is 0 Å². The van der Waals surface area contributed by atoms with E-state index >= 15 is 0 Å². The van der Waals surface area contributed by atoms with E-state index in [-0.39, 0.29) is 45.7 Å². The third-order valence-electron chi connectivity index (χ3n) is 7.33. The minimum atomic E-state index is -1.87. The zero-order chi connectivity index (χ0) is 35.0. The first kappa shape index (κ1) is 41.1. The first-order valence-corrected chi connectivity index (χ1v) is 16.2. The SMILES string of the molecule is COCCOCCOC(=O)C(C)(CC(C)(C#N)CCC(=O)OC)C(=O)CC(C)(SC(=S)c1ccccc1)C(=O)OCC[N+](C)(C)C. The molecule has 0 amide bonds. The molecule has 3 unspecified atom stereocenters. The number of ether oxygens (including phenoxy) is 5. The maximum Gasteiger partial charge on any atom is 0.322 e. The second kappa shape index (κ2) is 19.1. The van der Waals surface area contributed by atoms with Crippen molar-refractivity contribution in [2.75, 3.05) is 74.9 Å². The number of methoxy groups -OCH3 is 2. The molecule has 0 saturated carbocycles. The summed E-state index contributed by atoms with van der Waals surface area (Å²) in [6, 6.07) is 11.2. The van der Waals surface area contributed by atoms with Crippen LogP contribution in [0, 0.1) is 22.2 Å². The highest BCUT2D eigenvalue weighted by molar-refractivity contribution is 8.25. The Kier molecular flexibility index (Phi) is 17.0. The molecule has 1 aromatic rings. The van der Waals surface area contributed by atoms with Gasteiger partial charge in [0.15, 0.2) is 5.78 Å². The summed E-state index contributed by atoms with van der Waals surface area (Å²) in [6.45, 7) is 5.74. The van der Waals surface area contributed by atoms with E-state index in [9.17, 15) is 24.4 Å². The van der Waals surface area contributed by atoms with E-state index in [1.54, 1.807) is 26.0 Å². The van der Waals surface area contributed by atoms with Gasteiger partial charge in [-0.3, -0.25) is 19.2 Å². The second-order valence-electron chi connectivity index (χ2n) is 12.7. The minimum Gasteiger partial charge on any atom is -0.469 e. The Morgan fingerprint density at radius 1 is 0.913 bits per heavy atom. The Morgan fingerprint density at radius 2 is 1.52 bits per heavy atom. The molecular formula is C33H49N2O9S2+. The molecule has 0 fully saturated rings. The monoisotopic (exact) mass is 681 g/mol. The Bertz CT molecular complexity index is 1230. The molecule has 0 aliphatic heterocycles. The third kappa shape index (κ3) is 13.8. The van der Waals surface area contributed by atoms with Crippen molar-refractivity contribution in [3.8, 4) is 6.07 Å². The van der Waals surface area contributed by atoms with Crippen LogP contribution >= 0.6 is 24.0 Å². The number of carbonyl (C=O) groups is 4. The molecule has 0 saturated heterocycles. The summed E-state index contributed by atoms with van der Waals surface area (Å²) < 4.78 is 25.6. The second-order valence-corrected chi connectivity index (χ2v) is 14.9. The van der Waals surface area contributed by atoms with Gasteiger partial charge in [-0.25, -0.2) is 0 Å². The molecular weight excluding hydrogens is 633 g/mol. The fourth-order valence-electron chi connectivity index (χ4n) is 4.38. The predicted molar refractivity (Wildman–Crippen MR) is 179 cm³/mol. The van der Waals surface area contributed by atoms with Crippen LogP contribution < -0.4 is 0 Å². The van der Waals surface area contributed by atoms with Crippen LogP contribution in [-0.2, 0) is 42.9 Å². The average Bonchev–Trinajstić information content (AvgIpc) is 3.00. The number of carbonyl (C=O) groups excluding carboxylic acids is 4. The Morgan fingerprint density at radius 3 is 2.09 bits per heavy atom. The zero-order valence-electron chi connectivity index (χ0n) is 28.3. The number of nitrogens with zero attached hydrogens (tertiary/aromatic N) is 2. The van der Waals surface area contributed by atoms with Crippen molar-refractivity contribution in [3.63, 3.8) is 0 Å². The van der Waals surface area contributed by atoms with Crippen molar-refractivity contribution >= 4 is 51.9 Å². The van der Waals surface area contributed by atoms with Crippen LogP contribution in [-0.4, -0.2) is 112 Å². The molecule has 0 heterocycles. The molecule has 0 aliphatic rings. The first-order chi connectivity index (χ1) is 21.4. The summed E-state index contributed by atoms with van der Waals surface area (Å²) in [4.78, 5) is 53.6. The normalized spacial score (nSPS) is 15.3. The van der Waals surface area contributed by atoms with E-state index in [1.807, 2.05) is 39.3 Å². The number of thiocarbonyl (C=S) groups is 1. The molecule has 1 aromatic carbocycles. The Balaban J connectivity index is 3.44. The largest absolute Gasteiger partial charge is 0.469 e. The molecule has 0 N–H and O–H groups in total. The Labute approximate surface area is 282 Å². The van der Waals surface area contributed by atoms with E-state index in [2.05, 4.69) is 6.07 Å². The van der Waals surface area contributed by atoms with Crippen molar-refractivity contribution in [2.45, 2.75) is 51.2 Å². The predicted octanol–water partition coefficient (Wildman–Crippen LogP) is 4.15. The van der Waals surface area contributed by atoms with Crippen LogP contribution in [0.15, 0.2) is 30.3 Å². The maximum atomic E-state index is 14.3. The standard InChI is InChI=1S/C33H49N2O9S2/c1-31(24-34,15-14-27(37)41-8)23-32(2,29(38)44-21-20-42-19-18-40-7)26(36)22-33(3,30(39)43-17-16-35(4,5)6)46-28(45)25-12-10-9-11-13-25/h9-13H,14-23H2,1-8H3/q+1. The van der Waals surface area contributed by atoms with Crippen LogP contribution in [0.2, 0.25) is 0 Å². The number of hydrogen-bond donors (Lipinski definition) is 0. The van der Waals surface area contributed by atoms with E-state index in [4.69, 9.17) is 35.9 Å². The van der Waals surface area contributed by atoms with Crippen molar-refractivity contribution in [2.24, 2.45) is 10.8 Å². The number of likely N-dealkylation sites (N-methyl/N-ethyl adjacent to an activating group) is 1. The maximum absolute atomic E-state index is 14.3. The lowest BCUT2D eigenvalue weighted by Gasteiger charge is -2.35. The van der Waals surface area contributed by atoms with Crippen molar-refractivity contribution in [3.05, 3.63) is 35.9 Å². The summed E-state index contributed by atoms with van der Waals surface area (Å²) in [6.07, 6.45) is -0.771. The Hall–Kier alpha value is -2.89. The van der Waals surface area contributed by atoms with Crippen molar-refractivity contribution in [1.82, 2.24) is 0 Å². The molecule has 3 atom stereocenters. The van der Waals surface area contributed by atoms with Crippen LogP contribution in [0.3, 0.4) is 0 Å². The number of benzene rings is 1. The molecule has 0 aliphatic carbocycles. The van der Waals surface area contributed by atoms with Gasteiger partial charge in [0.25, 0.3) is 0 Å². The summed E-state index contributed by atoms with van der Waals surface area (Å²) in [7, 11) is 8.65. The molecule has 46 heavy (non-hydrogen) atoms. The van der Waals surface area contributed by atoms with Crippen molar-refractivity contribution in [1.29, 1.82) is 5.26 Å². The lowest BCUT2D eigenvalue weighted by atomic mass is 9.68. The molecule has 0 bridgehead atoms. The van der Waals surface area contributed by atoms with Gasteiger partial charge in [0.05, 0.1) is 63.8 Å². The van der Waals surface area contributed by atoms with Gasteiger partial charge in [-0.1, -0.05) is 54.3 Å². The number of ketones is 1. The quantitative estimate of drug-likeness (QED) is 0.0460. The molecule has 1 rings (SSSR count). The summed E-state index contributed by atoms with van der Waals surface area (Å²) in [5.74, 6) is -2.69.